The van der Waals surface area contributed by atoms with Crippen LogP contribution in [0.3, 0.4) is 0 Å². The maximum Gasteiger partial charge on any atom is 0.0102 e. The molecule has 1 heterocycles. The fraction of sp³-hybridized carbons (Fsp3) is 1.00. The van der Waals surface area contributed by atoms with Gasteiger partial charge in [-0.2, -0.15) is 0 Å². The molecule has 2 nitrogen and oxygen atoms in total. The molecule has 2 unspecified atom stereocenters. The summed E-state index contributed by atoms with van der Waals surface area (Å²) in [5, 5.41) is 3.43. The highest BCUT2D eigenvalue weighted by Gasteiger charge is 2.36. The van der Waals surface area contributed by atoms with Crippen molar-refractivity contribution in [2.45, 2.75) is 96.8 Å². The van der Waals surface area contributed by atoms with Crippen molar-refractivity contribution in [1.29, 1.82) is 0 Å². The third kappa shape index (κ3) is 3.71. The molecule has 0 aromatic rings. The number of hydrogen-bond acceptors (Lipinski definition) is 2. The monoisotopic (exact) mass is 254 g/mol. The van der Waals surface area contributed by atoms with Crippen LogP contribution in [0.1, 0.15) is 72.6 Å². The van der Waals surface area contributed by atoms with Crippen molar-refractivity contribution in [2.24, 2.45) is 0 Å². The van der Waals surface area contributed by atoms with E-state index >= 15 is 0 Å². The molecule has 0 aromatic carbocycles. The van der Waals surface area contributed by atoms with E-state index in [4.69, 9.17) is 0 Å². The quantitative estimate of drug-likeness (QED) is 0.824. The minimum absolute atomic E-state index is 0.786. The molecule has 1 N–H and O–H groups in total. The van der Waals surface area contributed by atoms with Crippen LogP contribution in [0.15, 0.2) is 0 Å². The van der Waals surface area contributed by atoms with Gasteiger partial charge in [0, 0.05) is 24.2 Å². The second kappa shape index (κ2) is 8.16. The number of rotatable bonds is 3. The van der Waals surface area contributed by atoms with Crippen molar-refractivity contribution in [2.75, 3.05) is 7.05 Å². The lowest BCUT2D eigenvalue weighted by molar-refractivity contribution is 0.0962. The van der Waals surface area contributed by atoms with Crippen molar-refractivity contribution in [3.05, 3.63) is 0 Å². The van der Waals surface area contributed by atoms with E-state index in [9.17, 15) is 0 Å². The van der Waals surface area contributed by atoms with Crippen LogP contribution in [0.4, 0.5) is 0 Å². The second-order valence-electron chi connectivity index (χ2n) is 5.73. The Morgan fingerprint density at radius 2 is 1.61 bits per heavy atom. The average molecular weight is 254 g/mol. The summed E-state index contributed by atoms with van der Waals surface area (Å²) in [6.07, 6.45) is 9.77. The third-order valence-electron chi connectivity index (χ3n) is 4.85. The highest BCUT2D eigenvalue weighted by Crippen LogP contribution is 2.34. The molecule has 1 aliphatic carbocycles. The maximum atomic E-state index is 3.43. The summed E-state index contributed by atoms with van der Waals surface area (Å²) < 4.78 is 0. The molecule has 2 atom stereocenters. The zero-order valence-electron chi connectivity index (χ0n) is 13.2. The van der Waals surface area contributed by atoms with Crippen molar-refractivity contribution >= 4 is 0 Å². The lowest BCUT2D eigenvalue weighted by Gasteiger charge is -2.40. The largest absolute Gasteiger partial charge is 0.317 e. The van der Waals surface area contributed by atoms with E-state index in [-0.39, 0.29) is 0 Å². The number of nitrogens with one attached hydrogen (secondary N) is 1. The molecule has 18 heavy (non-hydrogen) atoms. The summed E-state index contributed by atoms with van der Waals surface area (Å²) >= 11 is 0. The van der Waals surface area contributed by atoms with Gasteiger partial charge in [-0.3, -0.25) is 4.90 Å². The van der Waals surface area contributed by atoms with Crippen molar-refractivity contribution < 1.29 is 0 Å². The van der Waals surface area contributed by atoms with Gasteiger partial charge in [0.25, 0.3) is 0 Å². The first-order valence-corrected chi connectivity index (χ1v) is 8.21. The van der Waals surface area contributed by atoms with E-state index in [1.807, 2.05) is 13.8 Å². The van der Waals surface area contributed by atoms with E-state index < -0.39 is 0 Å². The summed E-state index contributed by atoms with van der Waals surface area (Å²) in [4.78, 5) is 2.85. The Morgan fingerprint density at radius 1 is 1.00 bits per heavy atom. The standard InChI is InChI=1S/C14H28N2.C2H6/c1-4-13-8-5-11(2)16(13)14-9-6-12(15-3)7-10-14;1-2/h11-15H,4-10H2,1-3H3;1-2H3. The predicted octanol–water partition coefficient (Wildman–Crippen LogP) is 3.81. The van der Waals surface area contributed by atoms with Gasteiger partial charge in [-0.05, 0) is 58.9 Å². The molecule has 0 bridgehead atoms. The molecule has 0 spiro atoms. The minimum atomic E-state index is 0.786. The highest BCUT2D eigenvalue weighted by molar-refractivity contribution is 4.92. The van der Waals surface area contributed by atoms with Crippen LogP contribution in [0, 0.1) is 0 Å². The molecule has 2 aliphatic rings. The molecule has 1 saturated heterocycles. The highest BCUT2D eigenvalue weighted by atomic mass is 15.2. The zero-order valence-corrected chi connectivity index (χ0v) is 13.2. The van der Waals surface area contributed by atoms with Crippen LogP contribution in [0.5, 0.6) is 0 Å². The first kappa shape index (κ1) is 16.0. The number of hydrogen-bond donors (Lipinski definition) is 1. The van der Waals surface area contributed by atoms with Crippen LogP contribution in [-0.2, 0) is 0 Å². The molecule has 0 radical (unpaired) electrons. The van der Waals surface area contributed by atoms with Gasteiger partial charge < -0.3 is 5.32 Å². The molecular formula is C16H34N2. The van der Waals surface area contributed by atoms with Crippen LogP contribution < -0.4 is 5.32 Å². The first-order chi connectivity index (χ1) is 8.76. The minimum Gasteiger partial charge on any atom is -0.317 e. The molecule has 0 amide bonds. The Kier molecular flexibility index (Phi) is 7.25. The van der Waals surface area contributed by atoms with Gasteiger partial charge in [0.15, 0.2) is 0 Å². The first-order valence-electron chi connectivity index (χ1n) is 8.21. The Labute approximate surface area is 115 Å². The second-order valence-corrected chi connectivity index (χ2v) is 5.73. The molecule has 0 aromatic heterocycles. The summed E-state index contributed by atoms with van der Waals surface area (Å²) in [5.41, 5.74) is 0. The fourth-order valence-corrected chi connectivity index (χ4v) is 3.83. The Morgan fingerprint density at radius 3 is 2.11 bits per heavy atom. The van der Waals surface area contributed by atoms with Crippen molar-refractivity contribution in [3.8, 4) is 0 Å². The van der Waals surface area contributed by atoms with Crippen LogP contribution in [-0.4, -0.2) is 36.1 Å². The molecule has 2 fully saturated rings. The molecule has 1 aliphatic heterocycles. The topological polar surface area (TPSA) is 15.3 Å². The van der Waals surface area contributed by atoms with Gasteiger partial charge in [0.05, 0.1) is 0 Å². The average Bonchev–Trinajstić information content (AvgIpc) is 2.82. The lowest BCUT2D eigenvalue weighted by Crippen LogP contribution is -2.46. The van der Waals surface area contributed by atoms with E-state index in [1.54, 1.807) is 0 Å². The Balaban J connectivity index is 0.000000771. The lowest BCUT2D eigenvalue weighted by atomic mass is 9.89. The van der Waals surface area contributed by atoms with Crippen molar-refractivity contribution in [1.82, 2.24) is 10.2 Å². The number of nitrogens with zero attached hydrogens (tertiary/aromatic N) is 1. The third-order valence-corrected chi connectivity index (χ3v) is 4.85. The van der Waals surface area contributed by atoms with Crippen LogP contribution >= 0.6 is 0 Å². The Bertz CT molecular complexity index is 209. The van der Waals surface area contributed by atoms with E-state index in [0.717, 1.165) is 24.2 Å². The predicted molar refractivity (Wildman–Crippen MR) is 81.1 cm³/mol. The molecule has 2 heteroatoms. The SMILES string of the molecule is CC.CCC1CCC(C)N1C1CCC(NC)CC1. The molecule has 2 rings (SSSR count). The van der Waals surface area contributed by atoms with Gasteiger partial charge in [0.2, 0.25) is 0 Å². The van der Waals surface area contributed by atoms with Gasteiger partial charge in [0.1, 0.15) is 0 Å². The molecule has 108 valence electrons. The summed E-state index contributed by atoms with van der Waals surface area (Å²) in [6.45, 7) is 8.79. The van der Waals surface area contributed by atoms with Crippen LogP contribution in [0.25, 0.3) is 0 Å². The maximum absolute atomic E-state index is 3.43. The van der Waals surface area contributed by atoms with E-state index in [1.165, 1.54) is 44.9 Å². The van der Waals surface area contributed by atoms with Crippen molar-refractivity contribution in [3.63, 3.8) is 0 Å². The fourth-order valence-electron chi connectivity index (χ4n) is 3.83. The summed E-state index contributed by atoms with van der Waals surface area (Å²) in [6, 6.07) is 3.38. The summed E-state index contributed by atoms with van der Waals surface area (Å²) in [5.74, 6) is 0. The van der Waals surface area contributed by atoms with Gasteiger partial charge in [-0.1, -0.05) is 20.8 Å². The smallest absolute Gasteiger partial charge is 0.0102 e. The van der Waals surface area contributed by atoms with Crippen LogP contribution in [0.2, 0.25) is 0 Å². The molecule has 1 saturated carbocycles. The molecular weight excluding hydrogens is 220 g/mol. The zero-order chi connectivity index (χ0) is 13.5. The van der Waals surface area contributed by atoms with E-state index in [2.05, 4.69) is 31.1 Å². The Hall–Kier alpha value is -0.0800. The van der Waals surface area contributed by atoms with Gasteiger partial charge in [-0.25, -0.2) is 0 Å². The number of likely N-dealkylation sites (tertiary alicyclic amines) is 1. The van der Waals surface area contributed by atoms with Gasteiger partial charge in [-0.15, -0.1) is 0 Å². The van der Waals surface area contributed by atoms with E-state index in [0.29, 0.717) is 0 Å². The normalized spacial score (nSPS) is 37.2. The van der Waals surface area contributed by atoms with Gasteiger partial charge >= 0.3 is 0 Å². The summed E-state index contributed by atoms with van der Waals surface area (Å²) in [7, 11) is 2.11.